The van der Waals surface area contributed by atoms with Gasteiger partial charge in [0, 0.05) is 30.5 Å². The fraction of sp³-hybridized carbons (Fsp3) is 0.389. The third kappa shape index (κ3) is 5.60. The first kappa shape index (κ1) is 20.7. The Labute approximate surface area is 154 Å². The van der Waals surface area contributed by atoms with E-state index in [1.165, 1.54) is 0 Å². The fourth-order valence-electron chi connectivity index (χ4n) is 2.49. The maximum Gasteiger partial charge on any atom is 0.335 e. The molecule has 0 amide bonds. The van der Waals surface area contributed by atoms with Crippen molar-refractivity contribution in [1.82, 2.24) is 9.97 Å². The van der Waals surface area contributed by atoms with E-state index in [-0.39, 0.29) is 18.0 Å². The van der Waals surface area contributed by atoms with Gasteiger partial charge in [-0.3, -0.25) is 0 Å². The van der Waals surface area contributed by atoms with E-state index in [1.54, 1.807) is 24.3 Å². The van der Waals surface area contributed by atoms with Gasteiger partial charge >= 0.3 is 5.97 Å². The third-order valence-corrected chi connectivity index (χ3v) is 3.72. The third-order valence-electron chi connectivity index (χ3n) is 3.72. The number of nitrogens with one attached hydrogen (secondary N) is 1. The Morgan fingerprint density at radius 1 is 1.16 bits per heavy atom. The lowest BCUT2D eigenvalue weighted by molar-refractivity contribution is 0.0697. The van der Waals surface area contributed by atoms with Gasteiger partial charge in [-0.2, -0.15) is 4.98 Å². The van der Waals surface area contributed by atoms with E-state index in [1.807, 2.05) is 6.07 Å². The molecule has 0 aliphatic carbocycles. The van der Waals surface area contributed by atoms with Gasteiger partial charge in [0.15, 0.2) is 0 Å². The van der Waals surface area contributed by atoms with Crippen molar-refractivity contribution < 1.29 is 9.90 Å². The molecule has 136 valence electrons. The molecule has 1 aromatic heterocycles. The van der Waals surface area contributed by atoms with Crippen molar-refractivity contribution >= 4 is 35.8 Å². The first-order valence-corrected chi connectivity index (χ1v) is 8.30. The molecule has 2 N–H and O–H groups in total. The highest BCUT2D eigenvalue weighted by Gasteiger charge is 2.10. The van der Waals surface area contributed by atoms with Crippen LogP contribution in [-0.4, -0.2) is 34.1 Å². The van der Waals surface area contributed by atoms with E-state index < -0.39 is 5.97 Å². The Bertz CT molecular complexity index is 705. The summed E-state index contributed by atoms with van der Waals surface area (Å²) in [4.78, 5) is 22.4. The minimum Gasteiger partial charge on any atom is -0.478 e. The van der Waals surface area contributed by atoms with Crippen LogP contribution in [0.2, 0.25) is 0 Å². The van der Waals surface area contributed by atoms with E-state index in [0.29, 0.717) is 11.6 Å². The Morgan fingerprint density at radius 3 is 2.48 bits per heavy atom. The summed E-state index contributed by atoms with van der Waals surface area (Å²) in [6, 6.07) is 8.67. The van der Waals surface area contributed by atoms with Crippen molar-refractivity contribution in [2.45, 2.75) is 33.6 Å². The molecule has 0 atom stereocenters. The molecule has 1 heterocycles. The molecule has 6 nitrogen and oxygen atoms in total. The van der Waals surface area contributed by atoms with Gasteiger partial charge in [-0.25, -0.2) is 9.78 Å². The van der Waals surface area contributed by atoms with Gasteiger partial charge < -0.3 is 15.3 Å². The fourth-order valence-corrected chi connectivity index (χ4v) is 2.49. The quantitative estimate of drug-likeness (QED) is 0.733. The first-order chi connectivity index (χ1) is 11.6. The standard InChI is InChI=1S/C18H24N4O2.ClH/c1-4-8-14-12-16(22(5-2)6-3)21-18(19-14)20-15-10-7-9-13(11-15)17(23)24;/h7,9-12H,4-6,8H2,1-3H3,(H,23,24)(H,19,20,21);1H. The highest BCUT2D eigenvalue weighted by atomic mass is 35.5. The number of carbonyl (C=O) groups is 1. The number of carboxylic acids is 1. The molecule has 7 heteroatoms. The Balaban J connectivity index is 0.00000312. The summed E-state index contributed by atoms with van der Waals surface area (Å²) in [6.07, 6.45) is 1.88. The minimum absolute atomic E-state index is 0. The molecule has 0 radical (unpaired) electrons. The van der Waals surface area contributed by atoms with Crippen molar-refractivity contribution in [3.05, 3.63) is 41.6 Å². The molecule has 0 fully saturated rings. The van der Waals surface area contributed by atoms with Crippen LogP contribution in [0.25, 0.3) is 0 Å². The molecule has 2 rings (SSSR count). The molecular formula is C18H25ClN4O2. The lowest BCUT2D eigenvalue weighted by atomic mass is 10.2. The number of halogens is 1. The zero-order chi connectivity index (χ0) is 17.5. The van der Waals surface area contributed by atoms with Crippen molar-refractivity contribution in [3.63, 3.8) is 0 Å². The lowest BCUT2D eigenvalue weighted by Crippen LogP contribution is -2.23. The van der Waals surface area contributed by atoms with Gasteiger partial charge in [0.05, 0.1) is 5.56 Å². The van der Waals surface area contributed by atoms with E-state index in [2.05, 4.69) is 41.0 Å². The van der Waals surface area contributed by atoms with Crippen LogP contribution in [0.15, 0.2) is 30.3 Å². The molecule has 25 heavy (non-hydrogen) atoms. The number of hydrogen-bond donors (Lipinski definition) is 2. The second kappa shape index (κ2) is 9.84. The van der Waals surface area contributed by atoms with Crippen LogP contribution in [0.1, 0.15) is 43.2 Å². The van der Waals surface area contributed by atoms with Crippen molar-refractivity contribution in [2.75, 3.05) is 23.3 Å². The van der Waals surface area contributed by atoms with Gasteiger partial charge in [-0.05, 0) is 38.5 Å². The molecule has 0 bridgehead atoms. The van der Waals surface area contributed by atoms with Crippen LogP contribution in [0.3, 0.4) is 0 Å². The SMILES string of the molecule is CCCc1cc(N(CC)CC)nc(Nc2cccc(C(=O)O)c2)n1.Cl. The topological polar surface area (TPSA) is 78.4 Å². The van der Waals surface area contributed by atoms with Gasteiger partial charge in [-0.15, -0.1) is 12.4 Å². The van der Waals surface area contributed by atoms with Gasteiger partial charge in [0.25, 0.3) is 0 Å². The monoisotopic (exact) mass is 364 g/mol. The van der Waals surface area contributed by atoms with E-state index in [9.17, 15) is 4.79 Å². The average molecular weight is 365 g/mol. The first-order valence-electron chi connectivity index (χ1n) is 8.30. The Kier molecular flexibility index (Phi) is 8.15. The van der Waals surface area contributed by atoms with Gasteiger partial charge in [0.1, 0.15) is 5.82 Å². The molecule has 0 aliphatic heterocycles. The van der Waals surface area contributed by atoms with E-state index in [4.69, 9.17) is 5.11 Å². The smallest absolute Gasteiger partial charge is 0.335 e. The second-order valence-corrected chi connectivity index (χ2v) is 5.47. The summed E-state index contributed by atoms with van der Waals surface area (Å²) >= 11 is 0. The highest BCUT2D eigenvalue weighted by Crippen LogP contribution is 2.20. The van der Waals surface area contributed by atoms with Crippen LogP contribution in [-0.2, 0) is 6.42 Å². The molecule has 0 saturated carbocycles. The molecule has 1 aromatic carbocycles. The predicted octanol–water partition coefficient (Wildman–Crippen LogP) is 4.14. The van der Waals surface area contributed by atoms with Gasteiger partial charge in [-0.1, -0.05) is 19.4 Å². The van der Waals surface area contributed by atoms with Crippen LogP contribution in [0.5, 0.6) is 0 Å². The number of aromatic carboxylic acids is 1. The van der Waals surface area contributed by atoms with Crippen LogP contribution in [0.4, 0.5) is 17.5 Å². The molecule has 0 saturated heterocycles. The van der Waals surface area contributed by atoms with Crippen LogP contribution in [0, 0.1) is 0 Å². The Hall–Kier alpha value is -2.34. The second-order valence-electron chi connectivity index (χ2n) is 5.47. The zero-order valence-electron chi connectivity index (χ0n) is 14.8. The van der Waals surface area contributed by atoms with Crippen LogP contribution >= 0.6 is 12.4 Å². The average Bonchev–Trinajstić information content (AvgIpc) is 2.56. The summed E-state index contributed by atoms with van der Waals surface area (Å²) in [5.74, 6) is 0.420. The van der Waals surface area contributed by atoms with Gasteiger partial charge in [0.2, 0.25) is 5.95 Å². The van der Waals surface area contributed by atoms with Crippen molar-refractivity contribution in [1.29, 1.82) is 0 Å². The highest BCUT2D eigenvalue weighted by molar-refractivity contribution is 5.89. The number of carboxylic acid groups (broad SMARTS) is 1. The van der Waals surface area contributed by atoms with Crippen molar-refractivity contribution in [2.24, 2.45) is 0 Å². The molecule has 0 unspecified atom stereocenters. The number of anilines is 3. The predicted molar refractivity (Wildman–Crippen MR) is 104 cm³/mol. The summed E-state index contributed by atoms with van der Waals surface area (Å²) in [6.45, 7) is 8.03. The molecule has 0 spiro atoms. The Morgan fingerprint density at radius 2 is 1.88 bits per heavy atom. The number of aryl methyl sites for hydroxylation is 1. The summed E-state index contributed by atoms with van der Waals surface area (Å²) < 4.78 is 0. The molecule has 2 aromatic rings. The van der Waals surface area contributed by atoms with Crippen LogP contribution < -0.4 is 10.2 Å². The molecule has 0 aliphatic rings. The number of benzene rings is 1. The van der Waals surface area contributed by atoms with E-state index in [0.717, 1.165) is 37.4 Å². The lowest BCUT2D eigenvalue weighted by Gasteiger charge is -2.21. The number of nitrogens with zero attached hydrogens (tertiary/aromatic N) is 3. The summed E-state index contributed by atoms with van der Waals surface area (Å²) in [7, 11) is 0. The summed E-state index contributed by atoms with van der Waals surface area (Å²) in [5.41, 5.74) is 1.87. The number of aromatic nitrogens is 2. The largest absolute Gasteiger partial charge is 0.478 e. The number of hydrogen-bond acceptors (Lipinski definition) is 5. The van der Waals surface area contributed by atoms with Crippen molar-refractivity contribution in [3.8, 4) is 0 Å². The van der Waals surface area contributed by atoms with E-state index >= 15 is 0 Å². The summed E-state index contributed by atoms with van der Waals surface area (Å²) in [5, 5.41) is 12.2. The normalized spacial score (nSPS) is 10.0. The maximum atomic E-state index is 11.1. The maximum absolute atomic E-state index is 11.1. The zero-order valence-corrected chi connectivity index (χ0v) is 15.6. The number of rotatable bonds is 8. The minimum atomic E-state index is -0.955. The molecular weight excluding hydrogens is 340 g/mol.